The van der Waals surface area contributed by atoms with Crippen molar-refractivity contribution < 1.29 is 19.0 Å². The molecule has 0 unspecified atom stereocenters. The van der Waals surface area contributed by atoms with E-state index in [1.165, 1.54) is 0 Å². The summed E-state index contributed by atoms with van der Waals surface area (Å²) in [6.07, 6.45) is -0.640. The number of hydrogen-bond donors (Lipinski definition) is 1. The van der Waals surface area contributed by atoms with Gasteiger partial charge in [0.1, 0.15) is 17.2 Å². The molecule has 0 radical (unpaired) electrons. The summed E-state index contributed by atoms with van der Waals surface area (Å²) in [6.45, 7) is 1.69. The van der Waals surface area contributed by atoms with Crippen LogP contribution in [0.25, 0.3) is 0 Å². The second-order valence-corrected chi connectivity index (χ2v) is 4.66. The summed E-state index contributed by atoms with van der Waals surface area (Å²) < 4.78 is 15.9. The number of hydrogen-bond acceptors (Lipinski definition) is 4. The SMILES string of the molecule is COc1cccc(NC(=O)[C@@H](C)Oc2cccc(OC)c2)c1. The molecule has 0 saturated carbocycles. The van der Waals surface area contributed by atoms with Crippen LogP contribution in [-0.4, -0.2) is 26.2 Å². The maximum atomic E-state index is 12.2. The highest BCUT2D eigenvalue weighted by Crippen LogP contribution is 2.21. The van der Waals surface area contributed by atoms with Gasteiger partial charge in [-0.15, -0.1) is 0 Å². The van der Waals surface area contributed by atoms with E-state index in [1.807, 2.05) is 18.2 Å². The Labute approximate surface area is 129 Å². The summed E-state index contributed by atoms with van der Waals surface area (Å²) in [6, 6.07) is 14.3. The van der Waals surface area contributed by atoms with Gasteiger partial charge in [0.15, 0.2) is 6.10 Å². The molecule has 2 aromatic rings. The Bertz CT molecular complexity index is 642. The van der Waals surface area contributed by atoms with E-state index in [2.05, 4.69) is 5.32 Å². The van der Waals surface area contributed by atoms with Crippen molar-refractivity contribution in [2.45, 2.75) is 13.0 Å². The number of rotatable bonds is 6. The lowest BCUT2D eigenvalue weighted by atomic mass is 10.2. The maximum absolute atomic E-state index is 12.2. The minimum absolute atomic E-state index is 0.240. The predicted molar refractivity (Wildman–Crippen MR) is 84.7 cm³/mol. The van der Waals surface area contributed by atoms with E-state index < -0.39 is 6.10 Å². The number of nitrogens with one attached hydrogen (secondary N) is 1. The van der Waals surface area contributed by atoms with E-state index in [4.69, 9.17) is 14.2 Å². The molecule has 0 aliphatic heterocycles. The standard InChI is InChI=1S/C17H19NO4/c1-12(22-16-9-5-8-15(11-16)21-3)17(19)18-13-6-4-7-14(10-13)20-2/h4-12H,1-3H3,(H,18,19)/t12-/m1/s1. The number of ether oxygens (including phenoxy) is 3. The first-order valence-electron chi connectivity index (χ1n) is 6.88. The van der Waals surface area contributed by atoms with Crippen molar-refractivity contribution in [3.8, 4) is 17.2 Å². The monoisotopic (exact) mass is 301 g/mol. The molecule has 2 aromatic carbocycles. The molecule has 1 N–H and O–H groups in total. The van der Waals surface area contributed by atoms with E-state index in [1.54, 1.807) is 51.5 Å². The van der Waals surface area contributed by atoms with Gasteiger partial charge in [-0.2, -0.15) is 0 Å². The largest absolute Gasteiger partial charge is 0.497 e. The number of carbonyl (C=O) groups excluding carboxylic acids is 1. The van der Waals surface area contributed by atoms with E-state index in [9.17, 15) is 4.79 Å². The second kappa shape index (κ2) is 7.36. The minimum Gasteiger partial charge on any atom is -0.497 e. The van der Waals surface area contributed by atoms with Crippen LogP contribution in [-0.2, 0) is 4.79 Å². The van der Waals surface area contributed by atoms with E-state index in [-0.39, 0.29) is 5.91 Å². The van der Waals surface area contributed by atoms with Crippen molar-refractivity contribution in [2.24, 2.45) is 0 Å². The van der Waals surface area contributed by atoms with Gasteiger partial charge in [0, 0.05) is 17.8 Å². The molecule has 2 rings (SSSR count). The van der Waals surface area contributed by atoms with Crippen LogP contribution in [0.3, 0.4) is 0 Å². The van der Waals surface area contributed by atoms with Crippen molar-refractivity contribution in [3.63, 3.8) is 0 Å². The molecule has 0 bridgehead atoms. The number of carbonyl (C=O) groups is 1. The molecular formula is C17H19NO4. The molecule has 5 heteroatoms. The lowest BCUT2D eigenvalue weighted by Crippen LogP contribution is -2.30. The van der Waals surface area contributed by atoms with Crippen LogP contribution in [0.2, 0.25) is 0 Å². The molecule has 0 aliphatic rings. The Morgan fingerprint density at radius 3 is 2.23 bits per heavy atom. The Balaban J connectivity index is 1.99. The van der Waals surface area contributed by atoms with Gasteiger partial charge in [0.25, 0.3) is 5.91 Å². The average Bonchev–Trinajstić information content (AvgIpc) is 2.55. The van der Waals surface area contributed by atoms with E-state index >= 15 is 0 Å². The first-order chi connectivity index (χ1) is 10.6. The number of amides is 1. The molecule has 5 nitrogen and oxygen atoms in total. The van der Waals surface area contributed by atoms with Gasteiger partial charge < -0.3 is 19.5 Å². The highest BCUT2D eigenvalue weighted by molar-refractivity contribution is 5.94. The third kappa shape index (κ3) is 4.15. The van der Waals surface area contributed by atoms with Crippen molar-refractivity contribution >= 4 is 11.6 Å². The van der Waals surface area contributed by atoms with Crippen molar-refractivity contribution in [3.05, 3.63) is 48.5 Å². The minimum atomic E-state index is -0.640. The number of anilines is 1. The third-order valence-electron chi connectivity index (χ3n) is 3.06. The van der Waals surface area contributed by atoms with Crippen LogP contribution in [0.15, 0.2) is 48.5 Å². The highest BCUT2D eigenvalue weighted by atomic mass is 16.5. The molecular weight excluding hydrogens is 282 g/mol. The lowest BCUT2D eigenvalue weighted by molar-refractivity contribution is -0.122. The van der Waals surface area contributed by atoms with Crippen molar-refractivity contribution in [1.29, 1.82) is 0 Å². The molecule has 1 amide bonds. The number of benzene rings is 2. The maximum Gasteiger partial charge on any atom is 0.265 e. The normalized spacial score (nSPS) is 11.4. The molecule has 0 fully saturated rings. The Kier molecular flexibility index (Phi) is 5.25. The molecule has 0 spiro atoms. The smallest absolute Gasteiger partial charge is 0.265 e. The lowest BCUT2D eigenvalue weighted by Gasteiger charge is -2.15. The summed E-state index contributed by atoms with van der Waals surface area (Å²) in [5, 5.41) is 2.79. The first-order valence-corrected chi connectivity index (χ1v) is 6.88. The molecule has 0 saturated heterocycles. The van der Waals surface area contributed by atoms with Crippen LogP contribution >= 0.6 is 0 Å². The van der Waals surface area contributed by atoms with E-state index in [0.29, 0.717) is 22.9 Å². The van der Waals surface area contributed by atoms with Crippen LogP contribution in [0.1, 0.15) is 6.92 Å². The fraction of sp³-hybridized carbons (Fsp3) is 0.235. The van der Waals surface area contributed by atoms with Crippen LogP contribution in [0.5, 0.6) is 17.2 Å². The van der Waals surface area contributed by atoms with Gasteiger partial charge in [0.2, 0.25) is 0 Å². The Hall–Kier alpha value is -2.69. The van der Waals surface area contributed by atoms with Gasteiger partial charge in [-0.1, -0.05) is 12.1 Å². The van der Waals surface area contributed by atoms with Gasteiger partial charge in [-0.05, 0) is 31.2 Å². The third-order valence-corrected chi connectivity index (χ3v) is 3.06. The summed E-state index contributed by atoms with van der Waals surface area (Å²) >= 11 is 0. The zero-order valence-electron chi connectivity index (χ0n) is 12.8. The second-order valence-electron chi connectivity index (χ2n) is 4.66. The van der Waals surface area contributed by atoms with Crippen LogP contribution < -0.4 is 19.5 Å². The van der Waals surface area contributed by atoms with Gasteiger partial charge >= 0.3 is 0 Å². The predicted octanol–water partition coefficient (Wildman–Crippen LogP) is 3.11. The van der Waals surface area contributed by atoms with Crippen LogP contribution in [0.4, 0.5) is 5.69 Å². The fourth-order valence-electron chi connectivity index (χ4n) is 1.88. The zero-order valence-corrected chi connectivity index (χ0v) is 12.8. The molecule has 116 valence electrons. The molecule has 1 atom stereocenters. The van der Waals surface area contributed by atoms with Gasteiger partial charge in [-0.25, -0.2) is 0 Å². The summed E-state index contributed by atoms with van der Waals surface area (Å²) in [5.74, 6) is 1.70. The summed E-state index contributed by atoms with van der Waals surface area (Å²) in [4.78, 5) is 12.2. The van der Waals surface area contributed by atoms with Crippen molar-refractivity contribution in [2.75, 3.05) is 19.5 Å². The molecule has 0 aliphatic carbocycles. The summed E-state index contributed by atoms with van der Waals surface area (Å²) in [5.41, 5.74) is 0.658. The van der Waals surface area contributed by atoms with Gasteiger partial charge in [0.05, 0.1) is 14.2 Å². The fourth-order valence-corrected chi connectivity index (χ4v) is 1.88. The Morgan fingerprint density at radius 1 is 0.955 bits per heavy atom. The topological polar surface area (TPSA) is 56.8 Å². The number of methoxy groups -OCH3 is 2. The van der Waals surface area contributed by atoms with Crippen molar-refractivity contribution in [1.82, 2.24) is 0 Å². The molecule has 0 aromatic heterocycles. The molecule has 0 heterocycles. The molecule has 22 heavy (non-hydrogen) atoms. The summed E-state index contributed by atoms with van der Waals surface area (Å²) in [7, 11) is 3.16. The highest BCUT2D eigenvalue weighted by Gasteiger charge is 2.15. The Morgan fingerprint density at radius 2 is 1.55 bits per heavy atom. The van der Waals surface area contributed by atoms with E-state index in [0.717, 1.165) is 0 Å². The van der Waals surface area contributed by atoms with Gasteiger partial charge in [-0.3, -0.25) is 4.79 Å². The first kappa shape index (κ1) is 15.7. The zero-order chi connectivity index (χ0) is 15.9. The average molecular weight is 301 g/mol. The van der Waals surface area contributed by atoms with Crippen LogP contribution in [0, 0.1) is 0 Å². The quantitative estimate of drug-likeness (QED) is 0.890.